The maximum Gasteiger partial charge on any atom is 0.405 e. The molecule has 0 radical (unpaired) electrons. The maximum atomic E-state index is 12.3. The van der Waals surface area contributed by atoms with Gasteiger partial charge in [0.15, 0.2) is 5.92 Å². The third kappa shape index (κ3) is 4.21. The molecule has 0 saturated carbocycles. The summed E-state index contributed by atoms with van der Waals surface area (Å²) in [5.41, 5.74) is 0.818. The van der Waals surface area contributed by atoms with Crippen molar-refractivity contribution in [3.8, 4) is 6.07 Å². The zero-order chi connectivity index (χ0) is 13.8. The van der Waals surface area contributed by atoms with Crippen molar-refractivity contribution >= 4 is 11.6 Å². The van der Waals surface area contributed by atoms with Crippen LogP contribution in [-0.4, -0.2) is 12.7 Å². The number of nitriles is 1. The van der Waals surface area contributed by atoms with Crippen LogP contribution < -0.4 is 5.32 Å². The molecule has 1 N–H and O–H groups in total. The van der Waals surface area contributed by atoms with Crippen LogP contribution in [0, 0.1) is 17.2 Å². The second-order valence-electron chi connectivity index (χ2n) is 3.90. The van der Waals surface area contributed by atoms with Gasteiger partial charge in [-0.2, -0.15) is 18.4 Å². The number of halogens is 4. The van der Waals surface area contributed by atoms with E-state index in [4.69, 9.17) is 16.9 Å². The Morgan fingerprint density at radius 3 is 2.33 bits per heavy atom. The molecule has 0 aliphatic rings. The van der Waals surface area contributed by atoms with E-state index in [9.17, 15) is 13.2 Å². The first-order valence-electron chi connectivity index (χ1n) is 5.29. The van der Waals surface area contributed by atoms with Crippen molar-refractivity contribution in [1.82, 2.24) is 5.32 Å². The summed E-state index contributed by atoms with van der Waals surface area (Å²) < 4.78 is 37.0. The fourth-order valence-corrected chi connectivity index (χ4v) is 1.52. The van der Waals surface area contributed by atoms with E-state index in [2.05, 4.69) is 5.32 Å². The Labute approximate surface area is 108 Å². The van der Waals surface area contributed by atoms with Crippen LogP contribution >= 0.6 is 11.6 Å². The smallest absolute Gasteiger partial charge is 0.309 e. The summed E-state index contributed by atoms with van der Waals surface area (Å²) in [7, 11) is 0. The molecule has 1 aromatic carbocycles. The molecule has 18 heavy (non-hydrogen) atoms. The lowest BCUT2D eigenvalue weighted by atomic mass is 10.1. The third-order valence-corrected chi connectivity index (χ3v) is 2.80. The van der Waals surface area contributed by atoms with E-state index in [0.717, 1.165) is 5.56 Å². The fourth-order valence-electron chi connectivity index (χ4n) is 1.40. The van der Waals surface area contributed by atoms with Gasteiger partial charge in [-0.1, -0.05) is 23.7 Å². The number of hydrogen-bond acceptors (Lipinski definition) is 2. The molecule has 0 aliphatic carbocycles. The van der Waals surface area contributed by atoms with Crippen LogP contribution in [0.15, 0.2) is 24.3 Å². The molecule has 1 aromatic rings. The van der Waals surface area contributed by atoms with Crippen molar-refractivity contribution in [3.05, 3.63) is 34.9 Å². The SMILES string of the molecule is CC(NCC(C#N)C(F)(F)F)c1ccc(Cl)cc1. The van der Waals surface area contributed by atoms with Crippen molar-refractivity contribution in [2.75, 3.05) is 6.54 Å². The Balaban J connectivity index is 2.58. The van der Waals surface area contributed by atoms with Gasteiger partial charge < -0.3 is 5.32 Å². The lowest BCUT2D eigenvalue weighted by molar-refractivity contribution is -0.157. The molecule has 0 fully saturated rings. The molecule has 0 spiro atoms. The second-order valence-corrected chi connectivity index (χ2v) is 4.34. The van der Waals surface area contributed by atoms with E-state index >= 15 is 0 Å². The summed E-state index contributed by atoms with van der Waals surface area (Å²) >= 11 is 5.71. The summed E-state index contributed by atoms with van der Waals surface area (Å²) in [6.45, 7) is 1.30. The molecule has 2 nitrogen and oxygen atoms in total. The van der Waals surface area contributed by atoms with Gasteiger partial charge in [0.1, 0.15) is 0 Å². The minimum Gasteiger partial charge on any atom is -0.309 e. The molecule has 98 valence electrons. The van der Waals surface area contributed by atoms with Gasteiger partial charge in [-0.15, -0.1) is 0 Å². The van der Waals surface area contributed by atoms with Crippen LogP contribution in [0.1, 0.15) is 18.5 Å². The zero-order valence-electron chi connectivity index (χ0n) is 9.63. The van der Waals surface area contributed by atoms with Gasteiger partial charge in [-0.25, -0.2) is 0 Å². The molecule has 2 atom stereocenters. The Kier molecular flexibility index (Phi) is 5.00. The number of nitrogens with zero attached hydrogens (tertiary/aromatic N) is 1. The van der Waals surface area contributed by atoms with E-state index in [0.29, 0.717) is 5.02 Å². The Bertz CT molecular complexity index is 422. The summed E-state index contributed by atoms with van der Waals surface area (Å²) in [5.74, 6) is -1.99. The van der Waals surface area contributed by atoms with Crippen molar-refractivity contribution in [1.29, 1.82) is 5.26 Å². The molecule has 0 saturated heterocycles. The largest absolute Gasteiger partial charge is 0.405 e. The fraction of sp³-hybridized carbons (Fsp3) is 0.417. The summed E-state index contributed by atoms with van der Waals surface area (Å²) in [6.07, 6.45) is -4.50. The van der Waals surface area contributed by atoms with E-state index in [1.165, 1.54) is 6.07 Å². The lowest BCUT2D eigenvalue weighted by Gasteiger charge is -2.18. The molecular formula is C12H12ClF3N2. The predicted octanol–water partition coefficient (Wildman–Crippen LogP) is 3.69. The Morgan fingerprint density at radius 1 is 1.33 bits per heavy atom. The van der Waals surface area contributed by atoms with Crippen LogP contribution in [0.25, 0.3) is 0 Å². The number of nitrogens with one attached hydrogen (secondary N) is 1. The molecule has 0 bridgehead atoms. The molecule has 0 heterocycles. The van der Waals surface area contributed by atoms with Crippen LogP contribution in [-0.2, 0) is 0 Å². The molecule has 0 aliphatic heterocycles. The van der Waals surface area contributed by atoms with Crippen LogP contribution in [0.3, 0.4) is 0 Å². The molecule has 0 amide bonds. The lowest BCUT2D eigenvalue weighted by Crippen LogP contribution is -2.33. The summed E-state index contributed by atoms with van der Waals surface area (Å²) in [4.78, 5) is 0. The highest BCUT2D eigenvalue weighted by molar-refractivity contribution is 6.30. The monoisotopic (exact) mass is 276 g/mol. The van der Waals surface area contributed by atoms with Crippen molar-refractivity contribution < 1.29 is 13.2 Å². The average Bonchev–Trinajstić information content (AvgIpc) is 2.28. The zero-order valence-corrected chi connectivity index (χ0v) is 10.4. The van der Waals surface area contributed by atoms with Crippen LogP contribution in [0.5, 0.6) is 0 Å². The average molecular weight is 277 g/mol. The summed E-state index contributed by atoms with van der Waals surface area (Å²) in [6, 6.07) is 7.77. The van der Waals surface area contributed by atoms with E-state index in [1.54, 1.807) is 31.2 Å². The first-order valence-corrected chi connectivity index (χ1v) is 5.67. The van der Waals surface area contributed by atoms with E-state index < -0.39 is 18.6 Å². The van der Waals surface area contributed by atoms with Gasteiger partial charge in [-0.05, 0) is 24.6 Å². The Hall–Kier alpha value is -1.25. The van der Waals surface area contributed by atoms with E-state index in [1.807, 2.05) is 0 Å². The van der Waals surface area contributed by atoms with Crippen LogP contribution in [0.2, 0.25) is 5.02 Å². The summed E-state index contributed by atoms with van der Waals surface area (Å²) in [5, 5.41) is 11.7. The second kappa shape index (κ2) is 6.07. The molecule has 0 aromatic heterocycles. The van der Waals surface area contributed by atoms with Crippen molar-refractivity contribution in [3.63, 3.8) is 0 Å². The normalized spacial score (nSPS) is 14.9. The maximum absolute atomic E-state index is 12.3. The highest BCUT2D eigenvalue weighted by atomic mass is 35.5. The standard InChI is InChI=1S/C12H12ClF3N2/c1-8(9-2-4-11(13)5-3-9)18-7-10(6-17)12(14,15)16/h2-5,8,10,18H,7H2,1H3. The van der Waals surface area contributed by atoms with Gasteiger partial charge in [0, 0.05) is 17.6 Å². The highest BCUT2D eigenvalue weighted by Crippen LogP contribution is 2.25. The molecule has 2 unspecified atom stereocenters. The number of rotatable bonds is 4. The van der Waals surface area contributed by atoms with Gasteiger partial charge in [0.2, 0.25) is 0 Å². The minimum absolute atomic E-state index is 0.277. The van der Waals surface area contributed by atoms with Crippen LogP contribution in [0.4, 0.5) is 13.2 Å². The number of hydrogen-bond donors (Lipinski definition) is 1. The van der Waals surface area contributed by atoms with Crippen molar-refractivity contribution in [2.24, 2.45) is 5.92 Å². The Morgan fingerprint density at radius 2 is 1.89 bits per heavy atom. The number of alkyl halides is 3. The molecule has 6 heteroatoms. The van der Waals surface area contributed by atoms with Gasteiger partial charge in [0.05, 0.1) is 6.07 Å². The highest BCUT2D eigenvalue weighted by Gasteiger charge is 2.39. The van der Waals surface area contributed by atoms with Gasteiger partial charge >= 0.3 is 6.18 Å². The number of benzene rings is 1. The topological polar surface area (TPSA) is 35.8 Å². The first-order chi connectivity index (χ1) is 8.34. The molecular weight excluding hydrogens is 265 g/mol. The van der Waals surface area contributed by atoms with E-state index in [-0.39, 0.29) is 6.04 Å². The van der Waals surface area contributed by atoms with Gasteiger partial charge in [0.25, 0.3) is 0 Å². The predicted molar refractivity (Wildman–Crippen MR) is 63.0 cm³/mol. The molecule has 1 rings (SSSR count). The quantitative estimate of drug-likeness (QED) is 0.910. The minimum atomic E-state index is -4.50. The third-order valence-electron chi connectivity index (χ3n) is 2.55. The van der Waals surface area contributed by atoms with Crippen molar-refractivity contribution in [2.45, 2.75) is 19.1 Å². The van der Waals surface area contributed by atoms with Gasteiger partial charge in [-0.3, -0.25) is 0 Å². The first kappa shape index (κ1) is 14.8.